The van der Waals surface area contributed by atoms with Crippen molar-refractivity contribution >= 4 is 28.6 Å². The van der Waals surface area contributed by atoms with Crippen LogP contribution in [0.4, 0.5) is 0 Å². The fraction of sp³-hybridized carbons (Fsp3) is 0.333. The predicted molar refractivity (Wildman–Crippen MR) is 57.5 cm³/mol. The number of hydrogen-bond donors (Lipinski definition) is 0. The monoisotopic (exact) mass is 260 g/mol. The average molecular weight is 261 g/mol. The van der Waals surface area contributed by atoms with Crippen LogP contribution in [0.15, 0.2) is 30.3 Å². The summed E-state index contributed by atoms with van der Waals surface area (Å²) in [6.07, 6.45) is 7.60. The molecule has 0 saturated heterocycles. The first-order valence-electron chi connectivity index (χ1n) is 4.62. The van der Waals surface area contributed by atoms with E-state index in [0.29, 0.717) is 0 Å². The molecule has 1 aromatic carbocycles. The van der Waals surface area contributed by atoms with E-state index in [0.717, 1.165) is 0 Å². The molecule has 0 fully saturated rings. The van der Waals surface area contributed by atoms with Crippen molar-refractivity contribution < 1.29 is 17.0 Å². The second-order valence-corrected chi connectivity index (χ2v) is 3.26. The van der Waals surface area contributed by atoms with Crippen molar-refractivity contribution in [3.8, 4) is 0 Å². The normalized spacial score (nSPS) is 14.7. The van der Waals surface area contributed by atoms with Crippen LogP contribution in [0, 0.1) is 6.07 Å². The Kier molecular flexibility index (Phi) is 7.60. The molecule has 0 unspecified atom stereocenters. The Labute approximate surface area is 113 Å². The predicted octanol–water partition coefficient (Wildman–Crippen LogP) is 0.0674. The molecule has 0 radical (unpaired) electrons. The zero-order valence-corrected chi connectivity index (χ0v) is 11.3. The van der Waals surface area contributed by atoms with Crippen LogP contribution in [-0.2, 0) is 0 Å². The molecule has 0 heterocycles. The van der Waals surface area contributed by atoms with E-state index in [-0.39, 0.29) is 40.0 Å². The van der Waals surface area contributed by atoms with Crippen LogP contribution in [0.25, 0.3) is 5.57 Å². The summed E-state index contributed by atoms with van der Waals surface area (Å²) < 4.78 is 0. The molecule has 0 amide bonds. The average Bonchev–Trinajstić information content (AvgIpc) is 2.21. The maximum absolute atomic E-state index is 3.04. The molecule has 0 aromatic heterocycles. The number of rotatable bonds is 1. The maximum Gasteiger partial charge on any atom is 2.00 e. The van der Waals surface area contributed by atoms with Crippen LogP contribution in [0.1, 0.15) is 31.2 Å². The van der Waals surface area contributed by atoms with Gasteiger partial charge in [-0.15, -0.1) is 5.56 Å². The van der Waals surface area contributed by atoms with E-state index in [4.69, 9.17) is 0 Å². The third-order valence-electron chi connectivity index (χ3n) is 2.38. The van der Waals surface area contributed by atoms with Gasteiger partial charge in [-0.1, -0.05) is 11.6 Å². The maximum atomic E-state index is 3.04. The first-order chi connectivity index (χ1) is 5.97. The third-order valence-corrected chi connectivity index (χ3v) is 2.38. The molecular formula is C12H13BrMg. The van der Waals surface area contributed by atoms with Gasteiger partial charge in [-0.3, -0.25) is 0 Å². The van der Waals surface area contributed by atoms with Crippen molar-refractivity contribution in [2.45, 2.75) is 25.7 Å². The summed E-state index contributed by atoms with van der Waals surface area (Å²) in [6.45, 7) is 0. The van der Waals surface area contributed by atoms with Crippen LogP contribution >= 0.6 is 0 Å². The summed E-state index contributed by atoms with van der Waals surface area (Å²) >= 11 is 0. The molecule has 0 N–H and O–H groups in total. The Morgan fingerprint density at radius 1 is 1.07 bits per heavy atom. The van der Waals surface area contributed by atoms with E-state index in [1.54, 1.807) is 0 Å². The summed E-state index contributed by atoms with van der Waals surface area (Å²) in [5, 5.41) is 0. The Morgan fingerprint density at radius 2 is 1.79 bits per heavy atom. The van der Waals surface area contributed by atoms with Gasteiger partial charge in [0, 0.05) is 0 Å². The fourth-order valence-corrected chi connectivity index (χ4v) is 1.70. The Morgan fingerprint density at radius 3 is 2.36 bits per heavy atom. The Bertz CT molecular complexity index is 280. The standard InChI is InChI=1S/C12H13.BrH.Mg/c1-3-7-11(8-4-1)12-9-5-2-6-10-12;;/h5-7,9-10H,1,3-4,8H2;1H;/q-1;;+2/p-1. The molecule has 70 valence electrons. The summed E-state index contributed by atoms with van der Waals surface area (Å²) in [6, 6.07) is 11.3. The molecule has 2 rings (SSSR count). The van der Waals surface area contributed by atoms with Crippen LogP contribution < -0.4 is 17.0 Å². The zero-order chi connectivity index (χ0) is 8.23. The fourth-order valence-electron chi connectivity index (χ4n) is 1.70. The van der Waals surface area contributed by atoms with Crippen LogP contribution in [0.2, 0.25) is 0 Å². The Hall–Kier alpha value is 0.206. The van der Waals surface area contributed by atoms with Crippen molar-refractivity contribution in [1.29, 1.82) is 0 Å². The van der Waals surface area contributed by atoms with Gasteiger partial charge in [0.05, 0.1) is 0 Å². The number of halogens is 1. The van der Waals surface area contributed by atoms with E-state index in [9.17, 15) is 0 Å². The van der Waals surface area contributed by atoms with Gasteiger partial charge in [-0.25, -0.2) is 0 Å². The van der Waals surface area contributed by atoms with Gasteiger partial charge in [-0.05, 0) is 25.7 Å². The molecule has 0 nitrogen and oxygen atoms in total. The number of hydrogen-bond acceptors (Lipinski definition) is 0. The van der Waals surface area contributed by atoms with Gasteiger partial charge in [0.15, 0.2) is 0 Å². The number of allylic oxidation sites excluding steroid dienone is 2. The van der Waals surface area contributed by atoms with Crippen LogP contribution in [-0.4, -0.2) is 23.1 Å². The third kappa shape index (κ3) is 3.75. The molecule has 0 saturated carbocycles. The van der Waals surface area contributed by atoms with Crippen molar-refractivity contribution in [2.24, 2.45) is 0 Å². The van der Waals surface area contributed by atoms with E-state index in [1.807, 2.05) is 12.1 Å². The number of benzene rings is 1. The molecule has 1 aliphatic carbocycles. The van der Waals surface area contributed by atoms with Gasteiger partial charge in [0.2, 0.25) is 0 Å². The Balaban J connectivity index is 0.000000845. The molecule has 0 spiro atoms. The molecule has 1 aliphatic rings. The molecule has 0 atom stereocenters. The molecular weight excluding hydrogens is 248 g/mol. The second kappa shape index (κ2) is 7.49. The molecule has 0 bridgehead atoms. The van der Waals surface area contributed by atoms with Crippen molar-refractivity contribution in [2.75, 3.05) is 0 Å². The SMILES string of the molecule is [Br-].[Mg+2].[c-]1ccc(C2=CCCCC2)cc1. The summed E-state index contributed by atoms with van der Waals surface area (Å²) in [4.78, 5) is 0. The molecule has 2 heteroatoms. The van der Waals surface area contributed by atoms with Gasteiger partial charge in [0.1, 0.15) is 0 Å². The van der Waals surface area contributed by atoms with Gasteiger partial charge < -0.3 is 17.0 Å². The van der Waals surface area contributed by atoms with Gasteiger partial charge >= 0.3 is 23.1 Å². The summed E-state index contributed by atoms with van der Waals surface area (Å²) in [5.74, 6) is 0. The zero-order valence-electron chi connectivity index (χ0n) is 8.30. The van der Waals surface area contributed by atoms with Crippen molar-refractivity contribution in [3.05, 3.63) is 42.0 Å². The van der Waals surface area contributed by atoms with E-state index < -0.39 is 0 Å². The van der Waals surface area contributed by atoms with Crippen molar-refractivity contribution in [1.82, 2.24) is 0 Å². The minimum Gasteiger partial charge on any atom is -1.00 e. The quantitative estimate of drug-likeness (QED) is 0.496. The first kappa shape index (κ1) is 14.2. The van der Waals surface area contributed by atoms with Gasteiger partial charge in [0.25, 0.3) is 0 Å². The van der Waals surface area contributed by atoms with E-state index in [2.05, 4.69) is 24.3 Å². The van der Waals surface area contributed by atoms with Crippen molar-refractivity contribution in [3.63, 3.8) is 0 Å². The van der Waals surface area contributed by atoms with E-state index >= 15 is 0 Å². The largest absolute Gasteiger partial charge is 2.00 e. The topological polar surface area (TPSA) is 0 Å². The van der Waals surface area contributed by atoms with Gasteiger partial charge in [-0.2, -0.15) is 30.3 Å². The van der Waals surface area contributed by atoms with E-state index in [1.165, 1.54) is 36.8 Å². The van der Waals surface area contributed by atoms with Crippen LogP contribution in [0.3, 0.4) is 0 Å². The molecule has 14 heavy (non-hydrogen) atoms. The summed E-state index contributed by atoms with van der Waals surface area (Å²) in [7, 11) is 0. The smallest absolute Gasteiger partial charge is 1.00 e. The minimum absolute atomic E-state index is 0. The minimum atomic E-state index is 0. The molecule has 0 aliphatic heterocycles. The first-order valence-corrected chi connectivity index (χ1v) is 4.62. The summed E-state index contributed by atoms with van der Waals surface area (Å²) in [5.41, 5.74) is 2.91. The second-order valence-electron chi connectivity index (χ2n) is 3.26. The molecule has 1 aromatic rings. The van der Waals surface area contributed by atoms with Crippen LogP contribution in [0.5, 0.6) is 0 Å².